The first-order valence-electron chi connectivity index (χ1n) is 8.18. The molecule has 0 saturated heterocycles. The average Bonchev–Trinajstić information content (AvgIpc) is 2.67. The van der Waals surface area contributed by atoms with Crippen LogP contribution in [0.15, 0.2) is 42.6 Å². The van der Waals surface area contributed by atoms with Gasteiger partial charge in [0.05, 0.1) is 17.0 Å². The number of nitrogens with zero attached hydrogens (tertiary/aromatic N) is 3. The smallest absolute Gasteiger partial charge is 0.251 e. The second-order valence-corrected chi connectivity index (χ2v) is 5.77. The Bertz CT molecular complexity index is 1060. The van der Waals surface area contributed by atoms with Gasteiger partial charge >= 0.3 is 0 Å². The van der Waals surface area contributed by atoms with Gasteiger partial charge in [-0.05, 0) is 31.2 Å². The highest BCUT2D eigenvalue weighted by Gasteiger charge is 2.13. The van der Waals surface area contributed by atoms with E-state index >= 15 is 0 Å². The molecule has 0 radical (unpaired) electrons. The zero-order chi connectivity index (χ0) is 19.4. The number of nitrogens with two attached hydrogens (primary N) is 2. The van der Waals surface area contributed by atoms with Gasteiger partial charge in [0.2, 0.25) is 5.95 Å². The van der Waals surface area contributed by atoms with E-state index < -0.39 is 0 Å². The summed E-state index contributed by atoms with van der Waals surface area (Å²) < 4.78 is 0. The molecule has 7 nitrogen and oxygen atoms in total. The molecule has 0 aliphatic heterocycles. The first kappa shape index (κ1) is 17.9. The highest BCUT2D eigenvalue weighted by molar-refractivity contribution is 5.95. The Labute approximate surface area is 156 Å². The molecule has 27 heavy (non-hydrogen) atoms. The van der Waals surface area contributed by atoms with E-state index in [9.17, 15) is 4.79 Å². The standard InChI is InChI=1S/C20H18N6O/c1-12-16(8-6-13-7-9-17(21)24-11-13)18(26-20(22)25-12)14-4-3-5-15(10-14)19(27)23-2/h3-5,7,9-11H,1-2H3,(H2,21,24)(H,23,27)(H2,22,25,26). The van der Waals surface area contributed by atoms with Crippen molar-refractivity contribution in [2.24, 2.45) is 0 Å². The molecule has 134 valence electrons. The lowest BCUT2D eigenvalue weighted by Gasteiger charge is -2.09. The third-order valence-electron chi connectivity index (χ3n) is 3.85. The molecular weight excluding hydrogens is 340 g/mol. The van der Waals surface area contributed by atoms with Crippen LogP contribution in [0.1, 0.15) is 27.2 Å². The van der Waals surface area contributed by atoms with Gasteiger partial charge in [-0.15, -0.1) is 0 Å². The molecule has 2 aromatic heterocycles. The Kier molecular flexibility index (Phi) is 4.99. The van der Waals surface area contributed by atoms with E-state index in [0.29, 0.717) is 33.9 Å². The molecule has 1 aromatic carbocycles. The number of hydrogen-bond donors (Lipinski definition) is 3. The van der Waals surface area contributed by atoms with Crippen molar-refractivity contribution in [1.82, 2.24) is 20.3 Å². The van der Waals surface area contributed by atoms with Crippen LogP contribution in [0, 0.1) is 18.8 Å². The highest BCUT2D eigenvalue weighted by Crippen LogP contribution is 2.25. The van der Waals surface area contributed by atoms with E-state index in [2.05, 4.69) is 32.1 Å². The van der Waals surface area contributed by atoms with Crippen LogP contribution in [-0.4, -0.2) is 27.9 Å². The number of nitrogens with one attached hydrogen (secondary N) is 1. The molecule has 0 fully saturated rings. The average molecular weight is 358 g/mol. The van der Waals surface area contributed by atoms with Crippen molar-refractivity contribution in [2.75, 3.05) is 18.5 Å². The SMILES string of the molecule is CNC(=O)c1cccc(-c2nc(N)nc(C)c2C#Cc2ccc(N)nc2)c1. The molecule has 0 aliphatic rings. The molecule has 5 N–H and O–H groups in total. The second kappa shape index (κ2) is 7.54. The Balaban J connectivity index is 2.12. The molecular formula is C20H18N6O. The van der Waals surface area contributed by atoms with Crippen LogP contribution in [0.2, 0.25) is 0 Å². The Morgan fingerprint density at radius 1 is 1.11 bits per heavy atom. The number of aromatic nitrogens is 3. The number of carbonyl (C=O) groups excluding carboxylic acids is 1. The van der Waals surface area contributed by atoms with Gasteiger partial charge in [-0.2, -0.15) is 0 Å². The summed E-state index contributed by atoms with van der Waals surface area (Å²) in [5, 5.41) is 2.61. The summed E-state index contributed by atoms with van der Waals surface area (Å²) in [6, 6.07) is 10.6. The van der Waals surface area contributed by atoms with E-state index in [4.69, 9.17) is 11.5 Å². The summed E-state index contributed by atoms with van der Waals surface area (Å²) >= 11 is 0. The number of carbonyl (C=O) groups is 1. The molecule has 0 spiro atoms. The molecule has 2 heterocycles. The minimum Gasteiger partial charge on any atom is -0.384 e. The van der Waals surface area contributed by atoms with E-state index in [-0.39, 0.29) is 11.9 Å². The zero-order valence-electron chi connectivity index (χ0n) is 14.9. The molecule has 0 saturated carbocycles. The lowest BCUT2D eigenvalue weighted by molar-refractivity contribution is 0.0963. The van der Waals surface area contributed by atoms with E-state index in [1.54, 1.807) is 43.6 Å². The van der Waals surface area contributed by atoms with Crippen molar-refractivity contribution in [2.45, 2.75) is 6.92 Å². The number of rotatable bonds is 2. The fraction of sp³-hybridized carbons (Fsp3) is 0.100. The van der Waals surface area contributed by atoms with Crippen molar-refractivity contribution in [3.63, 3.8) is 0 Å². The van der Waals surface area contributed by atoms with E-state index in [1.165, 1.54) is 0 Å². The van der Waals surface area contributed by atoms with Crippen LogP contribution < -0.4 is 16.8 Å². The Morgan fingerprint density at radius 2 is 1.93 bits per heavy atom. The zero-order valence-corrected chi connectivity index (χ0v) is 14.9. The summed E-state index contributed by atoms with van der Waals surface area (Å²) in [5.74, 6) is 6.52. The van der Waals surface area contributed by atoms with Crippen LogP contribution in [0.5, 0.6) is 0 Å². The quantitative estimate of drug-likeness (QED) is 0.601. The molecule has 0 unspecified atom stereocenters. The van der Waals surface area contributed by atoms with Crippen LogP contribution in [0.4, 0.5) is 11.8 Å². The first-order valence-corrected chi connectivity index (χ1v) is 8.18. The summed E-state index contributed by atoms with van der Waals surface area (Å²) in [6.07, 6.45) is 1.60. The minimum atomic E-state index is -0.184. The fourth-order valence-corrected chi connectivity index (χ4v) is 2.52. The molecule has 0 aliphatic carbocycles. The van der Waals surface area contributed by atoms with E-state index in [1.807, 2.05) is 13.0 Å². The molecule has 7 heteroatoms. The highest BCUT2D eigenvalue weighted by atomic mass is 16.1. The number of pyridine rings is 1. The Hall–Kier alpha value is -3.92. The van der Waals surface area contributed by atoms with Crippen molar-refractivity contribution in [3.8, 4) is 23.1 Å². The lowest BCUT2D eigenvalue weighted by Crippen LogP contribution is -2.17. The molecule has 0 atom stereocenters. The van der Waals surface area contributed by atoms with Crippen molar-refractivity contribution < 1.29 is 4.79 Å². The molecule has 0 bridgehead atoms. The third kappa shape index (κ3) is 4.02. The monoisotopic (exact) mass is 358 g/mol. The number of anilines is 2. The van der Waals surface area contributed by atoms with Crippen LogP contribution in [0.3, 0.4) is 0 Å². The second-order valence-electron chi connectivity index (χ2n) is 5.77. The summed E-state index contributed by atoms with van der Waals surface area (Å²) in [7, 11) is 1.58. The van der Waals surface area contributed by atoms with Crippen LogP contribution in [-0.2, 0) is 0 Å². The first-order chi connectivity index (χ1) is 13.0. The normalized spacial score (nSPS) is 10.0. The van der Waals surface area contributed by atoms with Crippen molar-refractivity contribution >= 4 is 17.7 Å². The third-order valence-corrected chi connectivity index (χ3v) is 3.85. The van der Waals surface area contributed by atoms with Crippen molar-refractivity contribution in [3.05, 3.63) is 65.0 Å². The number of nitrogen functional groups attached to an aromatic ring is 2. The number of hydrogen-bond acceptors (Lipinski definition) is 6. The molecule has 3 aromatic rings. The summed E-state index contributed by atoms with van der Waals surface area (Å²) in [4.78, 5) is 24.5. The van der Waals surface area contributed by atoms with Gasteiger partial charge in [0, 0.05) is 29.9 Å². The van der Waals surface area contributed by atoms with Crippen LogP contribution in [0.25, 0.3) is 11.3 Å². The molecule has 3 rings (SSSR count). The van der Waals surface area contributed by atoms with Gasteiger partial charge in [0.25, 0.3) is 5.91 Å². The number of amides is 1. The fourth-order valence-electron chi connectivity index (χ4n) is 2.52. The minimum absolute atomic E-state index is 0.146. The molecule has 1 amide bonds. The lowest BCUT2D eigenvalue weighted by atomic mass is 10.0. The maximum atomic E-state index is 11.9. The summed E-state index contributed by atoms with van der Waals surface area (Å²) in [6.45, 7) is 1.81. The van der Waals surface area contributed by atoms with Crippen LogP contribution >= 0.6 is 0 Å². The summed E-state index contributed by atoms with van der Waals surface area (Å²) in [5.41, 5.74) is 15.3. The van der Waals surface area contributed by atoms with Crippen molar-refractivity contribution in [1.29, 1.82) is 0 Å². The van der Waals surface area contributed by atoms with Gasteiger partial charge < -0.3 is 16.8 Å². The maximum Gasteiger partial charge on any atom is 0.251 e. The van der Waals surface area contributed by atoms with Gasteiger partial charge in [-0.25, -0.2) is 15.0 Å². The predicted octanol–water partition coefficient (Wildman–Crippen LogP) is 1.77. The maximum absolute atomic E-state index is 11.9. The van der Waals surface area contributed by atoms with Gasteiger partial charge in [0.15, 0.2) is 0 Å². The van der Waals surface area contributed by atoms with E-state index in [0.717, 1.165) is 5.56 Å². The Morgan fingerprint density at radius 3 is 2.63 bits per heavy atom. The largest absolute Gasteiger partial charge is 0.384 e. The van der Waals surface area contributed by atoms with Gasteiger partial charge in [-0.3, -0.25) is 4.79 Å². The topological polar surface area (TPSA) is 120 Å². The number of benzene rings is 1. The number of aryl methyl sites for hydroxylation is 1. The predicted molar refractivity (Wildman–Crippen MR) is 105 cm³/mol. The van der Waals surface area contributed by atoms with Gasteiger partial charge in [-0.1, -0.05) is 24.0 Å². The van der Waals surface area contributed by atoms with Gasteiger partial charge in [0.1, 0.15) is 5.82 Å².